The summed E-state index contributed by atoms with van der Waals surface area (Å²) < 4.78 is 5.71. The molecule has 0 aliphatic carbocycles. The smallest absolute Gasteiger partial charge is 0.337 e. The molecule has 0 bridgehead atoms. The van der Waals surface area contributed by atoms with E-state index < -0.39 is 5.97 Å². The summed E-state index contributed by atoms with van der Waals surface area (Å²) in [5.74, 6) is 0.627. The summed E-state index contributed by atoms with van der Waals surface area (Å²) in [6.07, 6.45) is 0. The van der Waals surface area contributed by atoms with Crippen molar-refractivity contribution < 1.29 is 9.53 Å². The van der Waals surface area contributed by atoms with Crippen LogP contribution in [0.5, 0.6) is 0 Å². The molecular formula is C17H13BrN2O3S. The zero-order valence-corrected chi connectivity index (χ0v) is 15.1. The van der Waals surface area contributed by atoms with E-state index in [2.05, 4.69) is 25.9 Å². The molecule has 7 heteroatoms. The third-order valence-electron chi connectivity index (χ3n) is 3.37. The molecule has 0 atom stereocenters. The molecule has 0 spiro atoms. The average Bonchev–Trinajstić information content (AvgIpc) is 2.60. The van der Waals surface area contributed by atoms with Crippen molar-refractivity contribution in [1.29, 1.82) is 0 Å². The Labute approximate surface area is 150 Å². The molecule has 0 radical (unpaired) electrons. The molecule has 0 saturated heterocycles. The Bertz CT molecular complexity index is 954. The molecule has 1 heterocycles. The lowest BCUT2D eigenvalue weighted by Crippen LogP contribution is -2.12. The number of nitrogens with one attached hydrogen (secondary N) is 1. The van der Waals surface area contributed by atoms with Gasteiger partial charge in [0, 0.05) is 9.37 Å². The van der Waals surface area contributed by atoms with Crippen LogP contribution in [0, 0.1) is 0 Å². The molecular weight excluding hydrogens is 392 g/mol. The summed E-state index contributed by atoms with van der Waals surface area (Å²) in [6.45, 7) is 0. The number of carbonyl (C=O) groups is 1. The predicted octanol–water partition coefficient (Wildman–Crippen LogP) is 3.76. The summed E-state index contributed by atoms with van der Waals surface area (Å²) in [7, 11) is 1.32. The molecule has 0 aliphatic heterocycles. The third-order valence-corrected chi connectivity index (χ3v) is 4.92. The van der Waals surface area contributed by atoms with Crippen LogP contribution in [-0.2, 0) is 10.5 Å². The summed E-state index contributed by atoms with van der Waals surface area (Å²) in [4.78, 5) is 32.1. The van der Waals surface area contributed by atoms with Gasteiger partial charge in [0.15, 0.2) is 0 Å². The van der Waals surface area contributed by atoms with E-state index in [0.29, 0.717) is 28.0 Å². The Hall–Kier alpha value is -2.12. The maximum absolute atomic E-state index is 12.2. The minimum atomic E-state index is -0.454. The quantitative estimate of drug-likeness (QED) is 0.529. The van der Waals surface area contributed by atoms with E-state index in [-0.39, 0.29) is 5.56 Å². The molecule has 1 aromatic heterocycles. The lowest BCUT2D eigenvalue weighted by Gasteiger charge is -2.05. The first-order valence-corrected chi connectivity index (χ1v) is 8.84. The number of carbonyl (C=O) groups excluding carboxylic acids is 1. The standard InChI is InChI=1S/C17H13BrN2O3S/c1-23-17(22)10-2-7-13-14(8-10)19-15(20-16(13)21)9-24-12-5-3-11(18)4-6-12/h2-8H,9H2,1H3,(H,19,20,21). The molecule has 0 fully saturated rings. The van der Waals surface area contributed by atoms with Gasteiger partial charge >= 0.3 is 5.97 Å². The number of nitrogens with zero attached hydrogens (tertiary/aromatic N) is 1. The van der Waals surface area contributed by atoms with E-state index in [0.717, 1.165) is 9.37 Å². The van der Waals surface area contributed by atoms with Gasteiger partial charge in [0.05, 0.1) is 29.3 Å². The Morgan fingerprint density at radius 3 is 2.71 bits per heavy atom. The number of aromatic nitrogens is 2. The molecule has 24 heavy (non-hydrogen) atoms. The van der Waals surface area contributed by atoms with Gasteiger partial charge in [-0.1, -0.05) is 15.9 Å². The molecule has 0 unspecified atom stereocenters. The van der Waals surface area contributed by atoms with Crippen molar-refractivity contribution in [2.75, 3.05) is 7.11 Å². The number of halogens is 1. The average molecular weight is 405 g/mol. The second-order valence-electron chi connectivity index (χ2n) is 4.98. The van der Waals surface area contributed by atoms with Crippen LogP contribution in [0.2, 0.25) is 0 Å². The maximum atomic E-state index is 12.2. The molecule has 3 rings (SSSR count). The highest BCUT2D eigenvalue weighted by atomic mass is 79.9. The van der Waals surface area contributed by atoms with Crippen molar-refractivity contribution in [2.24, 2.45) is 0 Å². The largest absolute Gasteiger partial charge is 0.465 e. The van der Waals surface area contributed by atoms with Crippen LogP contribution in [-0.4, -0.2) is 23.0 Å². The van der Waals surface area contributed by atoms with E-state index in [1.807, 2.05) is 24.3 Å². The number of benzene rings is 2. The number of methoxy groups -OCH3 is 1. The van der Waals surface area contributed by atoms with E-state index in [4.69, 9.17) is 4.74 Å². The number of hydrogen-bond acceptors (Lipinski definition) is 5. The normalized spacial score (nSPS) is 10.8. The Morgan fingerprint density at radius 1 is 1.25 bits per heavy atom. The summed E-state index contributed by atoms with van der Waals surface area (Å²) in [5.41, 5.74) is 0.630. The minimum Gasteiger partial charge on any atom is -0.465 e. The SMILES string of the molecule is COC(=O)c1ccc2c(=O)[nH]c(CSc3ccc(Br)cc3)nc2c1. The number of H-pyrrole nitrogens is 1. The van der Waals surface area contributed by atoms with Gasteiger partial charge in [0.25, 0.3) is 5.56 Å². The van der Waals surface area contributed by atoms with Crippen molar-refractivity contribution in [3.63, 3.8) is 0 Å². The molecule has 1 N–H and O–H groups in total. The highest BCUT2D eigenvalue weighted by Gasteiger charge is 2.10. The molecule has 5 nitrogen and oxygen atoms in total. The number of rotatable bonds is 4. The summed E-state index contributed by atoms with van der Waals surface area (Å²) in [5, 5.41) is 0.444. The van der Waals surface area contributed by atoms with Crippen LogP contribution >= 0.6 is 27.7 Å². The lowest BCUT2D eigenvalue weighted by atomic mass is 10.1. The van der Waals surface area contributed by atoms with Crippen LogP contribution < -0.4 is 5.56 Å². The van der Waals surface area contributed by atoms with Gasteiger partial charge in [-0.2, -0.15) is 0 Å². The van der Waals surface area contributed by atoms with Gasteiger partial charge in [0.1, 0.15) is 5.82 Å². The Kier molecular flexibility index (Phi) is 5.01. The first-order chi connectivity index (χ1) is 11.6. The third kappa shape index (κ3) is 3.68. The molecule has 2 aromatic carbocycles. The summed E-state index contributed by atoms with van der Waals surface area (Å²) in [6, 6.07) is 12.6. The molecule has 3 aromatic rings. The zero-order chi connectivity index (χ0) is 17.1. The fraction of sp³-hybridized carbons (Fsp3) is 0.118. The van der Waals surface area contributed by atoms with E-state index >= 15 is 0 Å². The number of ether oxygens (including phenoxy) is 1. The number of esters is 1. The van der Waals surface area contributed by atoms with Crippen molar-refractivity contribution in [3.05, 3.63) is 68.7 Å². The van der Waals surface area contributed by atoms with Crippen LogP contribution in [0.15, 0.2) is 56.6 Å². The van der Waals surface area contributed by atoms with Crippen molar-refractivity contribution in [2.45, 2.75) is 10.6 Å². The summed E-state index contributed by atoms with van der Waals surface area (Å²) >= 11 is 4.96. The Balaban J connectivity index is 1.89. The highest BCUT2D eigenvalue weighted by molar-refractivity contribution is 9.10. The number of hydrogen-bond donors (Lipinski definition) is 1. The molecule has 0 aliphatic rings. The molecule has 0 saturated carbocycles. The predicted molar refractivity (Wildman–Crippen MR) is 97.4 cm³/mol. The second-order valence-corrected chi connectivity index (χ2v) is 6.94. The van der Waals surface area contributed by atoms with Gasteiger partial charge in [-0.25, -0.2) is 9.78 Å². The zero-order valence-electron chi connectivity index (χ0n) is 12.7. The van der Waals surface area contributed by atoms with Crippen LogP contribution in [0.3, 0.4) is 0 Å². The van der Waals surface area contributed by atoms with Crippen molar-refractivity contribution in [1.82, 2.24) is 9.97 Å². The molecule has 0 amide bonds. The second kappa shape index (κ2) is 7.19. The van der Waals surface area contributed by atoms with Crippen LogP contribution in [0.4, 0.5) is 0 Å². The van der Waals surface area contributed by atoms with Gasteiger partial charge in [-0.05, 0) is 42.5 Å². The van der Waals surface area contributed by atoms with Crippen molar-refractivity contribution >= 4 is 44.6 Å². The van der Waals surface area contributed by atoms with E-state index in [9.17, 15) is 9.59 Å². The van der Waals surface area contributed by atoms with E-state index in [1.165, 1.54) is 7.11 Å². The number of fused-ring (bicyclic) bond motifs is 1. The highest BCUT2D eigenvalue weighted by Crippen LogP contribution is 2.23. The maximum Gasteiger partial charge on any atom is 0.337 e. The van der Waals surface area contributed by atoms with Gasteiger partial charge in [-0.3, -0.25) is 4.79 Å². The fourth-order valence-corrected chi connectivity index (χ4v) is 3.22. The number of thioether (sulfide) groups is 1. The van der Waals surface area contributed by atoms with Gasteiger partial charge in [-0.15, -0.1) is 11.8 Å². The topological polar surface area (TPSA) is 72.1 Å². The number of aromatic amines is 1. The molecule has 122 valence electrons. The van der Waals surface area contributed by atoms with Gasteiger partial charge in [0.2, 0.25) is 0 Å². The fourth-order valence-electron chi connectivity index (χ4n) is 2.18. The monoisotopic (exact) mass is 404 g/mol. The van der Waals surface area contributed by atoms with Crippen LogP contribution in [0.1, 0.15) is 16.2 Å². The van der Waals surface area contributed by atoms with Crippen LogP contribution in [0.25, 0.3) is 10.9 Å². The van der Waals surface area contributed by atoms with Crippen molar-refractivity contribution in [3.8, 4) is 0 Å². The first-order valence-electron chi connectivity index (χ1n) is 7.06. The minimum absolute atomic E-state index is 0.220. The van der Waals surface area contributed by atoms with Gasteiger partial charge < -0.3 is 9.72 Å². The Morgan fingerprint density at radius 2 is 2.00 bits per heavy atom. The first kappa shape index (κ1) is 16.7. The van der Waals surface area contributed by atoms with E-state index in [1.54, 1.807) is 30.0 Å². The lowest BCUT2D eigenvalue weighted by molar-refractivity contribution is 0.0601.